The minimum Gasteiger partial charge on any atom is -0.352 e. The van der Waals surface area contributed by atoms with Crippen molar-refractivity contribution >= 4 is 51.5 Å². The van der Waals surface area contributed by atoms with Crippen LogP contribution in [0.4, 0.5) is 10.8 Å². The molecule has 3 aromatic rings. The first kappa shape index (κ1) is 21.4. The molecule has 0 saturated heterocycles. The van der Waals surface area contributed by atoms with Gasteiger partial charge in [-0.25, -0.2) is 0 Å². The molecular formula is C20H18ClN5O3S. The fourth-order valence-corrected chi connectivity index (χ4v) is 3.46. The Labute approximate surface area is 181 Å². The predicted molar refractivity (Wildman–Crippen MR) is 116 cm³/mol. The summed E-state index contributed by atoms with van der Waals surface area (Å²) in [6.45, 7) is 1.77. The maximum absolute atomic E-state index is 12.3. The van der Waals surface area contributed by atoms with Crippen molar-refractivity contribution < 1.29 is 14.4 Å². The Morgan fingerprint density at radius 1 is 0.967 bits per heavy atom. The Bertz CT molecular complexity index is 1070. The molecule has 10 heteroatoms. The van der Waals surface area contributed by atoms with Crippen LogP contribution in [-0.4, -0.2) is 34.5 Å². The minimum absolute atomic E-state index is 0.184. The number of rotatable bonds is 7. The Morgan fingerprint density at radius 3 is 2.40 bits per heavy atom. The lowest BCUT2D eigenvalue weighted by atomic mass is 10.2. The van der Waals surface area contributed by atoms with Gasteiger partial charge in [0.25, 0.3) is 11.8 Å². The highest BCUT2D eigenvalue weighted by atomic mass is 35.5. The van der Waals surface area contributed by atoms with Crippen molar-refractivity contribution in [2.24, 2.45) is 0 Å². The Kier molecular flexibility index (Phi) is 7.10. The maximum atomic E-state index is 12.3. The molecular weight excluding hydrogens is 426 g/mol. The number of hydrogen-bond donors (Lipinski definition) is 3. The fraction of sp³-hybridized carbons (Fsp3) is 0.150. The van der Waals surface area contributed by atoms with E-state index in [9.17, 15) is 14.4 Å². The normalized spacial score (nSPS) is 10.3. The number of aromatic nitrogens is 2. The van der Waals surface area contributed by atoms with Gasteiger partial charge in [0.05, 0.1) is 10.6 Å². The highest BCUT2D eigenvalue weighted by Gasteiger charge is 2.12. The second-order valence-corrected chi connectivity index (χ2v) is 7.67. The summed E-state index contributed by atoms with van der Waals surface area (Å²) in [4.78, 5) is 35.5. The molecule has 1 aromatic heterocycles. The number of amides is 3. The van der Waals surface area contributed by atoms with E-state index >= 15 is 0 Å². The Hall–Kier alpha value is -3.30. The highest BCUT2D eigenvalue weighted by Crippen LogP contribution is 2.18. The first-order valence-electron chi connectivity index (χ1n) is 8.96. The molecule has 3 rings (SSSR count). The summed E-state index contributed by atoms with van der Waals surface area (Å²) < 4.78 is 0. The van der Waals surface area contributed by atoms with Crippen LogP contribution in [0.3, 0.4) is 0 Å². The van der Waals surface area contributed by atoms with Crippen molar-refractivity contribution in [3.8, 4) is 0 Å². The molecule has 0 saturated carbocycles. The maximum Gasteiger partial charge on any atom is 0.257 e. The third-order valence-electron chi connectivity index (χ3n) is 3.90. The molecule has 1 heterocycles. The van der Waals surface area contributed by atoms with E-state index in [1.54, 1.807) is 48.5 Å². The van der Waals surface area contributed by atoms with Crippen LogP contribution in [0.15, 0.2) is 48.5 Å². The Morgan fingerprint density at radius 2 is 1.70 bits per heavy atom. The summed E-state index contributed by atoms with van der Waals surface area (Å²) >= 11 is 7.24. The number of carbonyl (C=O) groups is 3. The zero-order valence-corrected chi connectivity index (χ0v) is 17.5. The van der Waals surface area contributed by atoms with Crippen molar-refractivity contribution in [3.63, 3.8) is 0 Å². The number of halogens is 1. The molecule has 3 N–H and O–H groups in total. The van der Waals surface area contributed by atoms with E-state index in [2.05, 4.69) is 26.1 Å². The fourth-order valence-electron chi connectivity index (χ4n) is 2.51. The van der Waals surface area contributed by atoms with Gasteiger partial charge in [-0.05, 0) is 36.4 Å². The van der Waals surface area contributed by atoms with E-state index in [-0.39, 0.29) is 17.7 Å². The number of carbonyl (C=O) groups excluding carboxylic acids is 3. The van der Waals surface area contributed by atoms with Crippen molar-refractivity contribution in [2.75, 3.05) is 17.2 Å². The molecule has 2 aromatic carbocycles. The standard InChI is InChI=1S/C20H18ClN5O3S/c1-12(27)23-14-8-6-13(7-9-14)18(28)24-20-26-25-17(30-20)10-11-22-19(29)15-4-2-3-5-16(15)21/h2-9H,10-11H2,1H3,(H,22,29)(H,23,27)(H,24,26,28). The van der Waals surface area contributed by atoms with Gasteiger partial charge in [-0.1, -0.05) is 35.1 Å². The summed E-state index contributed by atoms with van der Waals surface area (Å²) in [7, 11) is 0. The third kappa shape index (κ3) is 5.85. The molecule has 3 amide bonds. The molecule has 30 heavy (non-hydrogen) atoms. The van der Waals surface area contributed by atoms with Gasteiger partial charge in [0.2, 0.25) is 11.0 Å². The molecule has 0 radical (unpaired) electrons. The highest BCUT2D eigenvalue weighted by molar-refractivity contribution is 7.15. The van der Waals surface area contributed by atoms with E-state index in [1.807, 2.05) is 0 Å². The molecule has 0 fully saturated rings. The molecule has 0 spiro atoms. The molecule has 154 valence electrons. The zero-order chi connectivity index (χ0) is 21.5. The lowest BCUT2D eigenvalue weighted by Gasteiger charge is -2.05. The number of anilines is 2. The monoisotopic (exact) mass is 443 g/mol. The zero-order valence-electron chi connectivity index (χ0n) is 15.9. The number of benzene rings is 2. The smallest absolute Gasteiger partial charge is 0.257 e. The average molecular weight is 444 g/mol. The molecule has 0 atom stereocenters. The van der Waals surface area contributed by atoms with Crippen molar-refractivity contribution in [1.29, 1.82) is 0 Å². The Balaban J connectivity index is 1.50. The first-order valence-corrected chi connectivity index (χ1v) is 10.2. The van der Waals surface area contributed by atoms with Crippen LogP contribution >= 0.6 is 22.9 Å². The predicted octanol–water partition coefficient (Wildman–Crippen LogP) is 3.37. The van der Waals surface area contributed by atoms with Gasteiger partial charge in [-0.2, -0.15) is 0 Å². The van der Waals surface area contributed by atoms with Crippen LogP contribution in [0, 0.1) is 0 Å². The second kappa shape index (κ2) is 9.95. The number of nitrogens with one attached hydrogen (secondary N) is 3. The van der Waals surface area contributed by atoms with Gasteiger partial charge in [-0.15, -0.1) is 10.2 Å². The third-order valence-corrected chi connectivity index (χ3v) is 5.13. The van der Waals surface area contributed by atoms with Crippen LogP contribution in [0.5, 0.6) is 0 Å². The summed E-state index contributed by atoms with van der Waals surface area (Å²) in [5.41, 5.74) is 1.44. The van der Waals surface area contributed by atoms with Crippen LogP contribution in [0.2, 0.25) is 5.02 Å². The van der Waals surface area contributed by atoms with Crippen molar-refractivity contribution in [2.45, 2.75) is 13.3 Å². The summed E-state index contributed by atoms with van der Waals surface area (Å²) in [6, 6.07) is 13.3. The van der Waals surface area contributed by atoms with Gasteiger partial charge >= 0.3 is 0 Å². The summed E-state index contributed by atoms with van der Waals surface area (Å²) in [5.74, 6) is -0.780. The van der Waals surface area contributed by atoms with E-state index in [0.29, 0.717) is 44.9 Å². The van der Waals surface area contributed by atoms with Crippen LogP contribution < -0.4 is 16.0 Å². The molecule has 0 aliphatic heterocycles. The minimum atomic E-state index is -0.334. The van der Waals surface area contributed by atoms with Crippen LogP contribution in [0.1, 0.15) is 32.6 Å². The average Bonchev–Trinajstić information content (AvgIpc) is 3.15. The van der Waals surface area contributed by atoms with Crippen LogP contribution in [-0.2, 0) is 11.2 Å². The molecule has 0 unspecified atom stereocenters. The van der Waals surface area contributed by atoms with Crippen molar-refractivity contribution in [3.05, 3.63) is 69.7 Å². The second-order valence-electron chi connectivity index (χ2n) is 6.20. The van der Waals surface area contributed by atoms with Gasteiger partial charge < -0.3 is 10.6 Å². The van der Waals surface area contributed by atoms with E-state index in [1.165, 1.54) is 18.3 Å². The van der Waals surface area contributed by atoms with Gasteiger partial charge in [-0.3, -0.25) is 19.7 Å². The first-order chi connectivity index (χ1) is 14.4. The molecule has 0 bridgehead atoms. The van der Waals surface area contributed by atoms with Crippen LogP contribution in [0.25, 0.3) is 0 Å². The quantitative estimate of drug-likeness (QED) is 0.518. The van der Waals surface area contributed by atoms with Gasteiger partial charge in [0.1, 0.15) is 5.01 Å². The van der Waals surface area contributed by atoms with E-state index in [0.717, 1.165) is 0 Å². The van der Waals surface area contributed by atoms with E-state index in [4.69, 9.17) is 11.6 Å². The molecule has 0 aliphatic rings. The van der Waals surface area contributed by atoms with Crippen molar-refractivity contribution in [1.82, 2.24) is 15.5 Å². The largest absolute Gasteiger partial charge is 0.352 e. The topological polar surface area (TPSA) is 113 Å². The lowest BCUT2D eigenvalue weighted by Crippen LogP contribution is -2.25. The van der Waals surface area contributed by atoms with Gasteiger partial charge in [0.15, 0.2) is 0 Å². The SMILES string of the molecule is CC(=O)Nc1ccc(C(=O)Nc2nnc(CCNC(=O)c3ccccc3Cl)s2)cc1. The van der Waals surface area contributed by atoms with E-state index < -0.39 is 0 Å². The summed E-state index contributed by atoms with van der Waals surface area (Å²) in [5, 5.41) is 17.5. The molecule has 8 nitrogen and oxygen atoms in total. The molecule has 0 aliphatic carbocycles. The summed E-state index contributed by atoms with van der Waals surface area (Å²) in [6.07, 6.45) is 0.467. The van der Waals surface area contributed by atoms with Gasteiger partial charge in [0, 0.05) is 31.1 Å². The number of nitrogens with zero attached hydrogens (tertiary/aromatic N) is 2. The lowest BCUT2D eigenvalue weighted by molar-refractivity contribution is -0.114. The number of hydrogen-bond acceptors (Lipinski definition) is 6.